The van der Waals surface area contributed by atoms with Gasteiger partial charge >= 0.3 is 0 Å². The molecule has 0 saturated carbocycles. The molecule has 0 radical (unpaired) electrons. The van der Waals surface area contributed by atoms with E-state index < -0.39 is 0 Å². The van der Waals surface area contributed by atoms with Gasteiger partial charge in [-0.3, -0.25) is 4.98 Å². The Hall–Kier alpha value is -0.450. The summed E-state index contributed by atoms with van der Waals surface area (Å²) in [4.78, 5) is 5.05. The van der Waals surface area contributed by atoms with Gasteiger partial charge in [-0.15, -0.1) is 11.3 Å². The summed E-state index contributed by atoms with van der Waals surface area (Å²) in [6, 6.07) is 0.418. The Morgan fingerprint density at radius 1 is 1.67 bits per heavy atom. The van der Waals surface area contributed by atoms with E-state index >= 15 is 0 Å². The molecule has 1 atom stereocenters. The molecule has 0 spiro atoms. The van der Waals surface area contributed by atoms with Crippen molar-refractivity contribution in [3.05, 3.63) is 16.6 Å². The number of hydrogen-bond donors (Lipinski definition) is 2. The molecule has 0 aliphatic heterocycles. The quantitative estimate of drug-likeness (QED) is 0.742. The monoisotopic (exact) mass is 186 g/mol. The summed E-state index contributed by atoms with van der Waals surface area (Å²) in [6.07, 6.45) is 1.79. The van der Waals surface area contributed by atoms with Gasteiger partial charge in [0.15, 0.2) is 0 Å². The Morgan fingerprint density at radius 3 is 2.83 bits per heavy atom. The van der Waals surface area contributed by atoms with Gasteiger partial charge in [-0.05, 0) is 0 Å². The smallest absolute Gasteiger partial charge is 0.0794 e. The van der Waals surface area contributed by atoms with Gasteiger partial charge in [-0.2, -0.15) is 0 Å². The second-order valence-electron chi connectivity index (χ2n) is 2.96. The maximum atomic E-state index is 9.06. The average molecular weight is 186 g/mol. The summed E-state index contributed by atoms with van der Waals surface area (Å²) < 4.78 is 0. The van der Waals surface area contributed by atoms with Crippen LogP contribution in [0.15, 0.2) is 11.7 Å². The molecule has 0 bridgehead atoms. The number of rotatable bonds is 4. The Kier molecular flexibility index (Phi) is 3.65. The lowest BCUT2D eigenvalue weighted by Gasteiger charge is -2.16. The van der Waals surface area contributed by atoms with Crippen molar-refractivity contribution in [2.24, 2.45) is 0 Å². The Balaban J connectivity index is 2.57. The van der Waals surface area contributed by atoms with Crippen molar-refractivity contribution >= 4 is 11.3 Å². The highest BCUT2D eigenvalue weighted by molar-refractivity contribution is 7.09. The lowest BCUT2D eigenvalue weighted by Crippen LogP contribution is -2.29. The highest BCUT2D eigenvalue weighted by Gasteiger charge is 2.11. The van der Waals surface area contributed by atoms with Crippen LogP contribution in [0.1, 0.15) is 24.8 Å². The Bertz CT molecular complexity index is 211. The fourth-order valence-corrected chi connectivity index (χ4v) is 1.70. The second kappa shape index (κ2) is 4.54. The van der Waals surface area contributed by atoms with Crippen LogP contribution in [0.25, 0.3) is 0 Å². The van der Waals surface area contributed by atoms with E-state index in [4.69, 9.17) is 5.11 Å². The number of aliphatic hydroxyl groups excluding tert-OH is 1. The molecule has 0 amide bonds. The zero-order valence-electron chi connectivity index (χ0n) is 7.32. The SMILES string of the molecule is CC(C)NC(CO)c1cncs1. The molecular formula is C8H14N2OS. The van der Waals surface area contributed by atoms with E-state index in [0.717, 1.165) is 4.88 Å². The first kappa shape index (κ1) is 9.64. The number of aliphatic hydroxyl groups is 1. The summed E-state index contributed by atoms with van der Waals surface area (Å²) in [5.74, 6) is 0. The van der Waals surface area contributed by atoms with Gasteiger partial charge in [-0.25, -0.2) is 0 Å². The summed E-state index contributed by atoms with van der Waals surface area (Å²) in [5, 5.41) is 12.3. The van der Waals surface area contributed by atoms with Crippen molar-refractivity contribution in [2.75, 3.05) is 6.61 Å². The van der Waals surface area contributed by atoms with E-state index in [9.17, 15) is 0 Å². The van der Waals surface area contributed by atoms with E-state index in [1.54, 1.807) is 23.0 Å². The van der Waals surface area contributed by atoms with Crippen LogP contribution in [-0.2, 0) is 0 Å². The minimum absolute atomic E-state index is 0.0394. The Labute approximate surface area is 76.5 Å². The largest absolute Gasteiger partial charge is 0.394 e. The van der Waals surface area contributed by atoms with Gasteiger partial charge in [0.1, 0.15) is 0 Å². The molecule has 0 fully saturated rings. The van der Waals surface area contributed by atoms with Gasteiger partial charge in [0, 0.05) is 17.1 Å². The van der Waals surface area contributed by atoms with Crippen LogP contribution < -0.4 is 5.32 Å². The van der Waals surface area contributed by atoms with Crippen molar-refractivity contribution in [1.29, 1.82) is 0 Å². The molecule has 3 nitrogen and oxygen atoms in total. The summed E-state index contributed by atoms with van der Waals surface area (Å²) in [6.45, 7) is 4.24. The number of nitrogens with zero attached hydrogens (tertiary/aromatic N) is 1. The molecular weight excluding hydrogens is 172 g/mol. The van der Waals surface area contributed by atoms with E-state index in [1.165, 1.54) is 0 Å². The van der Waals surface area contributed by atoms with Crippen molar-refractivity contribution in [3.8, 4) is 0 Å². The van der Waals surface area contributed by atoms with E-state index in [0.29, 0.717) is 6.04 Å². The van der Waals surface area contributed by atoms with Crippen molar-refractivity contribution < 1.29 is 5.11 Å². The zero-order chi connectivity index (χ0) is 8.97. The summed E-state index contributed by atoms with van der Waals surface area (Å²) in [7, 11) is 0. The molecule has 2 N–H and O–H groups in total. The van der Waals surface area contributed by atoms with Crippen LogP contribution in [0.5, 0.6) is 0 Å². The van der Waals surface area contributed by atoms with Crippen LogP contribution in [0, 0.1) is 0 Å². The highest BCUT2D eigenvalue weighted by atomic mass is 32.1. The van der Waals surface area contributed by atoms with Gasteiger partial charge in [0.05, 0.1) is 18.2 Å². The molecule has 0 saturated heterocycles. The first-order valence-corrected chi connectivity index (χ1v) is 4.87. The van der Waals surface area contributed by atoms with E-state index in [-0.39, 0.29) is 12.6 Å². The Morgan fingerprint density at radius 2 is 2.42 bits per heavy atom. The zero-order valence-corrected chi connectivity index (χ0v) is 8.14. The lowest BCUT2D eigenvalue weighted by molar-refractivity contribution is 0.239. The third kappa shape index (κ3) is 2.55. The number of nitrogens with one attached hydrogen (secondary N) is 1. The predicted octanol–water partition coefficient (Wildman–Crippen LogP) is 1.17. The third-order valence-corrected chi connectivity index (χ3v) is 2.40. The molecule has 68 valence electrons. The predicted molar refractivity (Wildman–Crippen MR) is 50.2 cm³/mol. The number of thiazole rings is 1. The molecule has 4 heteroatoms. The van der Waals surface area contributed by atoms with Crippen molar-refractivity contribution in [3.63, 3.8) is 0 Å². The van der Waals surface area contributed by atoms with Crippen molar-refractivity contribution in [1.82, 2.24) is 10.3 Å². The molecule has 1 heterocycles. The number of hydrogen-bond acceptors (Lipinski definition) is 4. The van der Waals surface area contributed by atoms with Crippen LogP contribution in [0.4, 0.5) is 0 Å². The second-order valence-corrected chi connectivity index (χ2v) is 3.88. The summed E-state index contributed by atoms with van der Waals surface area (Å²) >= 11 is 1.56. The average Bonchev–Trinajstić information content (AvgIpc) is 2.51. The molecule has 0 aromatic carbocycles. The third-order valence-electron chi connectivity index (χ3n) is 1.51. The standard InChI is InChI=1S/C8H14N2OS/c1-6(2)10-7(4-11)8-3-9-5-12-8/h3,5-7,10-11H,4H2,1-2H3. The van der Waals surface area contributed by atoms with Gasteiger partial charge in [0.25, 0.3) is 0 Å². The first-order chi connectivity index (χ1) is 5.74. The molecule has 1 rings (SSSR count). The molecule has 1 aromatic heterocycles. The molecule has 1 unspecified atom stereocenters. The van der Waals surface area contributed by atoms with Gasteiger partial charge in [-0.1, -0.05) is 13.8 Å². The van der Waals surface area contributed by atoms with Crippen LogP contribution >= 0.6 is 11.3 Å². The first-order valence-electron chi connectivity index (χ1n) is 3.99. The maximum Gasteiger partial charge on any atom is 0.0794 e. The molecule has 1 aromatic rings. The van der Waals surface area contributed by atoms with E-state index in [2.05, 4.69) is 24.1 Å². The lowest BCUT2D eigenvalue weighted by atomic mass is 10.2. The fourth-order valence-electron chi connectivity index (χ4n) is 1.02. The minimum atomic E-state index is 0.0394. The molecule has 0 aliphatic rings. The summed E-state index contributed by atoms with van der Waals surface area (Å²) in [5.41, 5.74) is 1.78. The van der Waals surface area contributed by atoms with E-state index in [1.807, 2.05) is 0 Å². The van der Waals surface area contributed by atoms with Gasteiger partial charge in [0.2, 0.25) is 0 Å². The van der Waals surface area contributed by atoms with Crippen LogP contribution in [0.3, 0.4) is 0 Å². The maximum absolute atomic E-state index is 9.06. The minimum Gasteiger partial charge on any atom is -0.394 e. The topological polar surface area (TPSA) is 45.1 Å². The number of aromatic nitrogens is 1. The highest BCUT2D eigenvalue weighted by Crippen LogP contribution is 2.16. The molecule has 12 heavy (non-hydrogen) atoms. The normalized spacial score (nSPS) is 13.7. The van der Waals surface area contributed by atoms with Crippen LogP contribution in [0.2, 0.25) is 0 Å². The van der Waals surface area contributed by atoms with Crippen molar-refractivity contribution in [2.45, 2.75) is 25.9 Å². The van der Waals surface area contributed by atoms with Gasteiger partial charge < -0.3 is 10.4 Å². The van der Waals surface area contributed by atoms with Crippen LogP contribution in [-0.4, -0.2) is 22.7 Å². The fraction of sp³-hybridized carbons (Fsp3) is 0.625. The molecule has 0 aliphatic carbocycles.